The van der Waals surface area contributed by atoms with Gasteiger partial charge in [0.15, 0.2) is 0 Å². The van der Waals surface area contributed by atoms with E-state index in [1.165, 1.54) is 6.42 Å². The van der Waals surface area contributed by atoms with E-state index in [0.29, 0.717) is 18.5 Å². The van der Waals surface area contributed by atoms with Crippen molar-refractivity contribution in [3.8, 4) is 0 Å². The minimum absolute atomic E-state index is 0. The lowest BCUT2D eigenvalue weighted by Crippen LogP contribution is -2.47. The predicted molar refractivity (Wildman–Crippen MR) is 74.3 cm³/mol. The summed E-state index contributed by atoms with van der Waals surface area (Å²) in [6, 6.07) is 0.409. The zero-order valence-corrected chi connectivity index (χ0v) is 12.0. The fourth-order valence-electron chi connectivity index (χ4n) is 2.66. The molecular formula is C13H27ClN2O. The molecule has 0 aromatic rings. The number of carbonyl (C=O) groups excluding carboxylic acids is 1. The summed E-state index contributed by atoms with van der Waals surface area (Å²) in [5.41, 5.74) is 5.62. The Bertz CT molecular complexity index is 217. The molecule has 1 amide bonds. The summed E-state index contributed by atoms with van der Waals surface area (Å²) in [4.78, 5) is 14.4. The maximum atomic E-state index is 12.3. The number of carbonyl (C=O) groups is 1. The van der Waals surface area contributed by atoms with Crippen molar-refractivity contribution in [3.63, 3.8) is 0 Å². The summed E-state index contributed by atoms with van der Waals surface area (Å²) >= 11 is 0. The Morgan fingerprint density at radius 2 is 2.00 bits per heavy atom. The van der Waals surface area contributed by atoms with Crippen LogP contribution in [0.4, 0.5) is 0 Å². The van der Waals surface area contributed by atoms with Gasteiger partial charge in [0, 0.05) is 18.5 Å². The molecule has 0 spiro atoms. The van der Waals surface area contributed by atoms with E-state index < -0.39 is 0 Å². The summed E-state index contributed by atoms with van der Waals surface area (Å²) < 4.78 is 0. The van der Waals surface area contributed by atoms with Crippen molar-refractivity contribution in [1.82, 2.24) is 4.90 Å². The Hall–Kier alpha value is -0.280. The van der Waals surface area contributed by atoms with E-state index >= 15 is 0 Å². The van der Waals surface area contributed by atoms with Crippen LogP contribution in [-0.2, 0) is 4.79 Å². The third-order valence-corrected chi connectivity index (χ3v) is 3.74. The van der Waals surface area contributed by atoms with Crippen molar-refractivity contribution in [1.29, 1.82) is 0 Å². The smallest absolute Gasteiger partial charge is 0.225 e. The molecule has 0 aromatic heterocycles. The summed E-state index contributed by atoms with van der Waals surface area (Å²) in [6.07, 6.45) is 6.43. The minimum Gasteiger partial charge on any atom is -0.339 e. The van der Waals surface area contributed by atoms with E-state index in [0.717, 1.165) is 38.6 Å². The Morgan fingerprint density at radius 3 is 2.53 bits per heavy atom. The van der Waals surface area contributed by atoms with E-state index in [1.54, 1.807) is 0 Å². The van der Waals surface area contributed by atoms with Crippen LogP contribution in [0.15, 0.2) is 0 Å². The number of amides is 1. The highest BCUT2D eigenvalue weighted by molar-refractivity contribution is 5.85. The summed E-state index contributed by atoms with van der Waals surface area (Å²) in [6.45, 7) is 5.85. The highest BCUT2D eigenvalue weighted by Gasteiger charge is 2.29. The van der Waals surface area contributed by atoms with Crippen LogP contribution in [0.25, 0.3) is 0 Å². The number of likely N-dealkylation sites (tertiary alicyclic amines) is 1. The highest BCUT2D eigenvalue weighted by Crippen LogP contribution is 2.23. The van der Waals surface area contributed by atoms with Gasteiger partial charge in [-0.2, -0.15) is 0 Å². The molecule has 1 saturated heterocycles. The SMILES string of the molecule is CCC(CC)C(=O)N1CCCCC1CCN.Cl. The van der Waals surface area contributed by atoms with Crippen molar-refractivity contribution >= 4 is 18.3 Å². The van der Waals surface area contributed by atoms with E-state index in [9.17, 15) is 4.79 Å². The summed E-state index contributed by atoms with van der Waals surface area (Å²) in [5, 5.41) is 0. The van der Waals surface area contributed by atoms with Gasteiger partial charge in [-0.25, -0.2) is 0 Å². The monoisotopic (exact) mass is 262 g/mol. The van der Waals surface area contributed by atoms with Crippen molar-refractivity contribution in [3.05, 3.63) is 0 Å². The summed E-state index contributed by atoms with van der Waals surface area (Å²) in [7, 11) is 0. The average molecular weight is 263 g/mol. The summed E-state index contributed by atoms with van der Waals surface area (Å²) in [5.74, 6) is 0.585. The van der Waals surface area contributed by atoms with Gasteiger partial charge in [0.2, 0.25) is 5.91 Å². The third kappa shape index (κ3) is 4.47. The lowest BCUT2D eigenvalue weighted by Gasteiger charge is -2.37. The largest absolute Gasteiger partial charge is 0.339 e. The number of halogens is 1. The molecule has 102 valence electrons. The van der Waals surface area contributed by atoms with Gasteiger partial charge in [0.25, 0.3) is 0 Å². The fourth-order valence-corrected chi connectivity index (χ4v) is 2.66. The standard InChI is InChI=1S/C13H26N2O.ClH/c1-3-11(4-2)13(16)15-10-6-5-7-12(15)8-9-14;/h11-12H,3-10,14H2,1-2H3;1H. The Labute approximate surface area is 112 Å². The van der Waals surface area contributed by atoms with Gasteiger partial charge in [-0.05, 0) is 45.1 Å². The molecule has 0 bridgehead atoms. The van der Waals surface area contributed by atoms with Crippen LogP contribution in [-0.4, -0.2) is 29.9 Å². The lowest BCUT2D eigenvalue weighted by atomic mass is 9.95. The van der Waals surface area contributed by atoms with E-state index in [2.05, 4.69) is 18.7 Å². The van der Waals surface area contributed by atoms with Crippen molar-refractivity contribution in [2.24, 2.45) is 11.7 Å². The number of nitrogens with zero attached hydrogens (tertiary/aromatic N) is 1. The van der Waals surface area contributed by atoms with Crippen LogP contribution in [0, 0.1) is 5.92 Å². The first kappa shape index (κ1) is 16.7. The molecule has 1 aliphatic rings. The minimum atomic E-state index is 0. The van der Waals surface area contributed by atoms with Gasteiger partial charge in [-0.3, -0.25) is 4.79 Å². The second-order valence-electron chi connectivity index (χ2n) is 4.77. The van der Waals surface area contributed by atoms with Crippen LogP contribution in [0.3, 0.4) is 0 Å². The van der Waals surface area contributed by atoms with Crippen LogP contribution >= 0.6 is 12.4 Å². The number of hydrogen-bond donors (Lipinski definition) is 1. The number of nitrogens with two attached hydrogens (primary N) is 1. The van der Waals surface area contributed by atoms with Gasteiger partial charge < -0.3 is 10.6 Å². The van der Waals surface area contributed by atoms with E-state index in [1.807, 2.05) is 0 Å². The molecule has 1 aliphatic heterocycles. The normalized spacial score (nSPS) is 20.2. The van der Waals surface area contributed by atoms with Gasteiger partial charge in [0.1, 0.15) is 0 Å². The molecule has 0 saturated carbocycles. The zero-order valence-electron chi connectivity index (χ0n) is 11.2. The molecule has 4 heteroatoms. The molecular weight excluding hydrogens is 236 g/mol. The Kier molecular flexibility index (Phi) is 8.61. The van der Waals surface area contributed by atoms with Gasteiger partial charge >= 0.3 is 0 Å². The number of rotatable bonds is 5. The van der Waals surface area contributed by atoms with Crippen molar-refractivity contribution in [2.75, 3.05) is 13.1 Å². The molecule has 1 heterocycles. The molecule has 0 radical (unpaired) electrons. The molecule has 0 aromatic carbocycles. The second-order valence-corrected chi connectivity index (χ2v) is 4.77. The van der Waals surface area contributed by atoms with Gasteiger partial charge in [-0.15, -0.1) is 12.4 Å². The first-order valence-electron chi connectivity index (χ1n) is 6.75. The highest BCUT2D eigenvalue weighted by atomic mass is 35.5. The molecule has 1 rings (SSSR count). The number of piperidine rings is 1. The van der Waals surface area contributed by atoms with Crippen LogP contribution in [0.1, 0.15) is 52.4 Å². The molecule has 3 nitrogen and oxygen atoms in total. The Morgan fingerprint density at radius 1 is 1.35 bits per heavy atom. The molecule has 1 unspecified atom stereocenters. The van der Waals surface area contributed by atoms with Gasteiger partial charge in [-0.1, -0.05) is 13.8 Å². The molecule has 2 N–H and O–H groups in total. The first-order chi connectivity index (χ1) is 7.74. The first-order valence-corrected chi connectivity index (χ1v) is 6.75. The molecule has 17 heavy (non-hydrogen) atoms. The average Bonchev–Trinajstić information content (AvgIpc) is 2.31. The molecule has 0 aliphatic carbocycles. The van der Waals surface area contributed by atoms with Crippen LogP contribution < -0.4 is 5.73 Å². The third-order valence-electron chi connectivity index (χ3n) is 3.74. The molecule has 1 atom stereocenters. The van der Waals surface area contributed by atoms with E-state index in [-0.39, 0.29) is 18.3 Å². The zero-order chi connectivity index (χ0) is 12.0. The molecule has 1 fully saturated rings. The lowest BCUT2D eigenvalue weighted by molar-refractivity contribution is -0.139. The number of hydrogen-bond acceptors (Lipinski definition) is 2. The van der Waals surface area contributed by atoms with E-state index in [4.69, 9.17) is 5.73 Å². The predicted octanol–water partition coefficient (Wildman–Crippen LogP) is 2.57. The Balaban J connectivity index is 0.00000256. The second kappa shape index (κ2) is 8.76. The van der Waals surface area contributed by atoms with Crippen LogP contribution in [0.5, 0.6) is 0 Å². The topological polar surface area (TPSA) is 46.3 Å². The van der Waals surface area contributed by atoms with Crippen molar-refractivity contribution < 1.29 is 4.79 Å². The van der Waals surface area contributed by atoms with Gasteiger partial charge in [0.05, 0.1) is 0 Å². The fraction of sp³-hybridized carbons (Fsp3) is 0.923. The van der Waals surface area contributed by atoms with Crippen molar-refractivity contribution in [2.45, 2.75) is 58.4 Å². The maximum absolute atomic E-state index is 12.3. The van der Waals surface area contributed by atoms with Crippen LogP contribution in [0.2, 0.25) is 0 Å². The quantitative estimate of drug-likeness (QED) is 0.828. The maximum Gasteiger partial charge on any atom is 0.225 e.